The molecule has 12 heteroatoms. The molecule has 2 fully saturated rings. The summed E-state index contributed by atoms with van der Waals surface area (Å²) in [6.07, 6.45) is 1.20. The van der Waals surface area contributed by atoms with Crippen LogP contribution < -0.4 is 15.4 Å². The first-order valence-electron chi connectivity index (χ1n) is 13.6. The molecular weight excluding hydrogens is 524 g/mol. The molecule has 4 rings (SSSR count). The van der Waals surface area contributed by atoms with Crippen molar-refractivity contribution in [1.82, 2.24) is 19.8 Å². The summed E-state index contributed by atoms with van der Waals surface area (Å²) in [5.74, 6) is -0.0240. The summed E-state index contributed by atoms with van der Waals surface area (Å²) in [4.78, 5) is 41.8. The van der Waals surface area contributed by atoms with Crippen LogP contribution in [-0.2, 0) is 24.3 Å². The number of hydrogen-bond acceptors (Lipinski definition) is 7. The Morgan fingerprint density at radius 3 is 2.46 bits per heavy atom. The van der Waals surface area contributed by atoms with Crippen molar-refractivity contribution in [3.63, 3.8) is 0 Å². The lowest BCUT2D eigenvalue weighted by Gasteiger charge is -2.39. The fourth-order valence-electron chi connectivity index (χ4n) is 5.45. The second-order valence-electron chi connectivity index (χ2n) is 11.7. The molecule has 0 saturated carbocycles. The number of hydrogen-bond donors (Lipinski definition) is 2. The summed E-state index contributed by atoms with van der Waals surface area (Å²) in [7, 11) is -3.69. The smallest absolute Gasteiger partial charge is 0.408 e. The number of nitrogens with one attached hydrogen (secondary N) is 2. The minimum atomic E-state index is -3.69. The molecule has 2 saturated heterocycles. The molecule has 4 atom stereocenters. The van der Waals surface area contributed by atoms with Gasteiger partial charge in [0.25, 0.3) is 0 Å². The van der Waals surface area contributed by atoms with Crippen molar-refractivity contribution in [2.24, 2.45) is 0 Å². The van der Waals surface area contributed by atoms with Crippen molar-refractivity contribution in [3.05, 3.63) is 29.8 Å². The molecule has 216 valence electrons. The molecular formula is C27H40N4O7S. The van der Waals surface area contributed by atoms with Crippen molar-refractivity contribution >= 4 is 27.9 Å². The number of sulfonamides is 1. The van der Waals surface area contributed by atoms with Crippen LogP contribution in [0.3, 0.4) is 0 Å². The molecule has 1 aromatic rings. The predicted octanol–water partition coefficient (Wildman–Crippen LogP) is 2.32. The lowest BCUT2D eigenvalue weighted by atomic mass is 10.00. The number of carbonyl (C=O) groups excluding carboxylic acids is 3. The normalized spacial score (nSPS) is 26.1. The maximum atomic E-state index is 14.0. The molecule has 0 unspecified atom stereocenters. The molecule has 0 bridgehead atoms. The number of benzene rings is 1. The van der Waals surface area contributed by atoms with Gasteiger partial charge in [0.15, 0.2) is 0 Å². The van der Waals surface area contributed by atoms with Crippen LogP contribution in [0.15, 0.2) is 24.3 Å². The highest BCUT2D eigenvalue weighted by molar-refractivity contribution is 7.89. The Labute approximate surface area is 230 Å². The zero-order valence-corrected chi connectivity index (χ0v) is 24.1. The first-order valence-corrected chi connectivity index (χ1v) is 15.1. The standard InChI is InChI=1S/C27H40N4O7S/c1-17(2)39(35,36)30-14-12-18-10-11-22(24(32)28-20-13-15-37-23-9-7-6-8-19(20)23)31(18)25(33)21(16-30)29-26(34)38-27(3,4)5/h6-9,17-18,20-22H,10-16H2,1-5H3,(H,28,32)(H,29,34)/t18-,20-,21+,22+/m1/s1. The third-order valence-corrected chi connectivity index (χ3v) is 9.62. The topological polar surface area (TPSA) is 134 Å². The molecule has 39 heavy (non-hydrogen) atoms. The van der Waals surface area contributed by atoms with E-state index in [1.54, 1.807) is 39.5 Å². The fourth-order valence-corrected chi connectivity index (χ4v) is 6.76. The maximum absolute atomic E-state index is 14.0. The molecule has 3 heterocycles. The van der Waals surface area contributed by atoms with Crippen LogP contribution in [0.5, 0.6) is 5.75 Å². The highest BCUT2D eigenvalue weighted by Gasteiger charge is 2.47. The maximum Gasteiger partial charge on any atom is 0.408 e. The summed E-state index contributed by atoms with van der Waals surface area (Å²) in [6.45, 7) is 8.70. The van der Waals surface area contributed by atoms with Crippen LogP contribution in [0.4, 0.5) is 4.79 Å². The predicted molar refractivity (Wildman–Crippen MR) is 144 cm³/mol. The minimum Gasteiger partial charge on any atom is -0.493 e. The van der Waals surface area contributed by atoms with E-state index in [1.807, 2.05) is 24.3 Å². The third kappa shape index (κ3) is 6.49. The van der Waals surface area contributed by atoms with E-state index in [2.05, 4.69) is 10.6 Å². The number of amides is 3. The number of rotatable bonds is 5. The van der Waals surface area contributed by atoms with Gasteiger partial charge in [0, 0.05) is 31.1 Å². The SMILES string of the molecule is CC(C)S(=O)(=O)N1CC[C@H]2CC[C@@H](C(=O)N[C@@H]3CCOc4ccccc43)N2C(=O)[C@@H](NC(=O)OC(C)(C)C)C1. The van der Waals surface area contributed by atoms with Crippen LogP contribution in [0.2, 0.25) is 0 Å². The van der Waals surface area contributed by atoms with Gasteiger partial charge in [0.05, 0.1) is 17.9 Å². The minimum absolute atomic E-state index is 0.184. The van der Waals surface area contributed by atoms with Crippen molar-refractivity contribution < 1.29 is 32.3 Å². The summed E-state index contributed by atoms with van der Waals surface area (Å²) in [5.41, 5.74) is 0.0847. The number of para-hydroxylation sites is 1. The Morgan fingerprint density at radius 1 is 1.05 bits per heavy atom. The summed E-state index contributed by atoms with van der Waals surface area (Å²) in [5, 5.41) is 5.02. The van der Waals surface area contributed by atoms with E-state index >= 15 is 0 Å². The molecule has 3 amide bonds. The Hall–Kier alpha value is -2.86. The van der Waals surface area contributed by atoms with Crippen molar-refractivity contribution in [2.45, 2.75) is 95.3 Å². The highest BCUT2D eigenvalue weighted by Crippen LogP contribution is 2.34. The number of ether oxygens (including phenoxy) is 2. The average molecular weight is 565 g/mol. The Kier molecular flexibility index (Phi) is 8.46. The monoisotopic (exact) mass is 564 g/mol. The number of carbonyl (C=O) groups is 3. The van der Waals surface area contributed by atoms with E-state index in [-0.39, 0.29) is 31.1 Å². The molecule has 1 aromatic carbocycles. The van der Waals surface area contributed by atoms with E-state index in [4.69, 9.17) is 9.47 Å². The average Bonchev–Trinajstić information content (AvgIpc) is 3.27. The van der Waals surface area contributed by atoms with Gasteiger partial charge in [0.2, 0.25) is 21.8 Å². The zero-order chi connectivity index (χ0) is 28.5. The van der Waals surface area contributed by atoms with Gasteiger partial charge < -0.3 is 25.0 Å². The molecule has 0 spiro atoms. The molecule has 0 radical (unpaired) electrons. The quantitative estimate of drug-likeness (QED) is 0.561. The first-order chi connectivity index (χ1) is 18.3. The third-order valence-electron chi connectivity index (χ3n) is 7.38. The van der Waals surface area contributed by atoms with Gasteiger partial charge in [-0.3, -0.25) is 9.59 Å². The highest BCUT2D eigenvalue weighted by atomic mass is 32.2. The second kappa shape index (κ2) is 11.3. The van der Waals surface area contributed by atoms with E-state index in [0.29, 0.717) is 32.3 Å². The van der Waals surface area contributed by atoms with Crippen LogP contribution >= 0.6 is 0 Å². The van der Waals surface area contributed by atoms with Gasteiger partial charge in [-0.25, -0.2) is 13.2 Å². The fraction of sp³-hybridized carbons (Fsp3) is 0.667. The van der Waals surface area contributed by atoms with Crippen LogP contribution in [0.25, 0.3) is 0 Å². The largest absolute Gasteiger partial charge is 0.493 e. The summed E-state index contributed by atoms with van der Waals surface area (Å²) < 4.78 is 38.5. The zero-order valence-electron chi connectivity index (χ0n) is 23.3. The second-order valence-corrected chi connectivity index (χ2v) is 14.2. The number of fused-ring (bicyclic) bond motifs is 2. The molecule has 2 N–H and O–H groups in total. The van der Waals surface area contributed by atoms with Crippen LogP contribution in [0.1, 0.15) is 71.9 Å². The van der Waals surface area contributed by atoms with Crippen LogP contribution in [0, 0.1) is 0 Å². The Bertz CT molecular complexity index is 1200. The van der Waals surface area contributed by atoms with Gasteiger partial charge in [-0.15, -0.1) is 0 Å². The van der Waals surface area contributed by atoms with E-state index in [1.165, 1.54) is 4.31 Å². The molecule has 11 nitrogen and oxygen atoms in total. The van der Waals surface area contributed by atoms with E-state index in [0.717, 1.165) is 11.3 Å². The van der Waals surface area contributed by atoms with Gasteiger partial charge in [-0.2, -0.15) is 4.31 Å². The molecule has 3 aliphatic rings. The molecule has 0 aromatic heterocycles. The summed E-state index contributed by atoms with van der Waals surface area (Å²) in [6, 6.07) is 5.06. The van der Waals surface area contributed by atoms with Gasteiger partial charge in [0.1, 0.15) is 23.4 Å². The first kappa shape index (κ1) is 29.1. The Balaban J connectivity index is 1.58. The summed E-state index contributed by atoms with van der Waals surface area (Å²) >= 11 is 0. The lowest BCUT2D eigenvalue weighted by molar-refractivity contribution is -0.143. The Morgan fingerprint density at radius 2 is 1.77 bits per heavy atom. The van der Waals surface area contributed by atoms with Gasteiger partial charge >= 0.3 is 6.09 Å². The van der Waals surface area contributed by atoms with E-state index in [9.17, 15) is 22.8 Å². The van der Waals surface area contributed by atoms with Crippen molar-refractivity contribution in [1.29, 1.82) is 0 Å². The van der Waals surface area contributed by atoms with Gasteiger partial charge in [-0.1, -0.05) is 18.2 Å². The van der Waals surface area contributed by atoms with Crippen molar-refractivity contribution in [3.8, 4) is 5.75 Å². The molecule has 3 aliphatic heterocycles. The molecule has 0 aliphatic carbocycles. The van der Waals surface area contributed by atoms with Gasteiger partial charge in [-0.05, 0) is 59.9 Å². The van der Waals surface area contributed by atoms with Crippen LogP contribution in [-0.4, -0.2) is 84.2 Å². The number of nitrogens with zero attached hydrogens (tertiary/aromatic N) is 2. The van der Waals surface area contributed by atoms with E-state index < -0.39 is 45.0 Å². The number of alkyl carbamates (subject to hydrolysis) is 1. The van der Waals surface area contributed by atoms with Crippen molar-refractivity contribution in [2.75, 3.05) is 19.7 Å². The lowest BCUT2D eigenvalue weighted by Crippen LogP contribution is -2.61.